The Bertz CT molecular complexity index is 1190. The number of halogens is 3. The molecule has 4 rings (SSSR count). The number of carbonyl (C=O) groups is 1. The number of alkyl halides is 3. The van der Waals surface area contributed by atoms with Gasteiger partial charge in [0.15, 0.2) is 0 Å². The minimum atomic E-state index is -4.61. The van der Waals surface area contributed by atoms with E-state index >= 15 is 0 Å². The van der Waals surface area contributed by atoms with Gasteiger partial charge in [-0.15, -0.1) is 0 Å². The van der Waals surface area contributed by atoms with Crippen LogP contribution in [-0.4, -0.2) is 23.3 Å². The Labute approximate surface area is 202 Å². The molecule has 1 unspecified atom stereocenters. The summed E-state index contributed by atoms with van der Waals surface area (Å²) in [5, 5.41) is 2.94. The number of nitrogens with zero attached hydrogens (tertiary/aromatic N) is 1. The Morgan fingerprint density at radius 2 is 1.77 bits per heavy atom. The van der Waals surface area contributed by atoms with E-state index in [0.29, 0.717) is 17.2 Å². The molecule has 1 aliphatic rings. The topological polar surface area (TPSA) is 60.5 Å². The van der Waals surface area contributed by atoms with Crippen molar-refractivity contribution in [2.24, 2.45) is 0 Å². The van der Waals surface area contributed by atoms with E-state index in [2.05, 4.69) is 10.3 Å². The van der Waals surface area contributed by atoms with Crippen molar-refractivity contribution in [3.63, 3.8) is 0 Å². The van der Waals surface area contributed by atoms with E-state index < -0.39 is 24.0 Å². The molecular formula is C27H27F3N2O3. The number of anilines is 2. The van der Waals surface area contributed by atoms with Gasteiger partial charge < -0.3 is 14.8 Å². The van der Waals surface area contributed by atoms with Gasteiger partial charge >= 0.3 is 12.1 Å². The second-order valence-electron chi connectivity index (χ2n) is 8.85. The van der Waals surface area contributed by atoms with E-state index in [9.17, 15) is 18.0 Å². The van der Waals surface area contributed by atoms with Crippen LogP contribution in [0.3, 0.4) is 0 Å². The van der Waals surface area contributed by atoms with Gasteiger partial charge in [-0.2, -0.15) is 13.2 Å². The smallest absolute Gasteiger partial charge is 0.418 e. The molecule has 184 valence electrons. The van der Waals surface area contributed by atoms with Crippen molar-refractivity contribution in [1.29, 1.82) is 0 Å². The standard InChI is InChI=1S/C27H27F3N2O3/c1-16(2)34-17(3)35-26(33)22-13-20(18-9-10-18)11-12-24(22)32-21-14-23(27(28,29)30)25(31-15-21)19-7-5-4-6-8-19/h4-8,11-18,32H,9-10H2,1-3H3. The third kappa shape index (κ3) is 6.19. The minimum absolute atomic E-state index is 0.108. The normalized spacial score (nSPS) is 14.6. The number of pyridine rings is 1. The largest absolute Gasteiger partial charge is 0.432 e. The first-order valence-electron chi connectivity index (χ1n) is 11.5. The van der Waals surface area contributed by atoms with Crippen LogP contribution >= 0.6 is 0 Å². The summed E-state index contributed by atoms with van der Waals surface area (Å²) in [7, 11) is 0. The van der Waals surface area contributed by atoms with Crippen LogP contribution in [0.25, 0.3) is 11.3 Å². The molecule has 0 bridgehead atoms. The highest BCUT2D eigenvalue weighted by atomic mass is 19.4. The summed E-state index contributed by atoms with van der Waals surface area (Å²) in [5.74, 6) is -0.239. The lowest BCUT2D eigenvalue weighted by molar-refractivity contribution is -0.137. The van der Waals surface area contributed by atoms with Crippen LogP contribution < -0.4 is 5.32 Å². The van der Waals surface area contributed by atoms with Crippen molar-refractivity contribution in [3.8, 4) is 11.3 Å². The quantitative estimate of drug-likeness (QED) is 0.268. The Balaban J connectivity index is 1.67. The van der Waals surface area contributed by atoms with Gasteiger partial charge in [-0.25, -0.2) is 4.79 Å². The third-order valence-electron chi connectivity index (χ3n) is 5.57. The van der Waals surface area contributed by atoms with Crippen LogP contribution in [0.1, 0.15) is 61.0 Å². The fourth-order valence-corrected chi connectivity index (χ4v) is 3.87. The molecule has 3 aromatic rings. The molecule has 35 heavy (non-hydrogen) atoms. The molecule has 1 saturated carbocycles. The van der Waals surface area contributed by atoms with Crippen molar-refractivity contribution in [2.45, 2.75) is 58.1 Å². The highest BCUT2D eigenvalue weighted by molar-refractivity contribution is 5.97. The van der Waals surface area contributed by atoms with E-state index in [-0.39, 0.29) is 23.0 Å². The number of rotatable bonds is 8. The number of carbonyl (C=O) groups excluding carboxylic acids is 1. The van der Waals surface area contributed by atoms with Crippen LogP contribution in [0.2, 0.25) is 0 Å². The number of ether oxygens (including phenoxy) is 2. The van der Waals surface area contributed by atoms with E-state index in [1.165, 1.54) is 6.20 Å². The predicted molar refractivity (Wildman–Crippen MR) is 127 cm³/mol. The molecule has 0 saturated heterocycles. The lowest BCUT2D eigenvalue weighted by atomic mass is 10.0. The molecule has 8 heteroatoms. The molecule has 5 nitrogen and oxygen atoms in total. The van der Waals surface area contributed by atoms with Gasteiger partial charge in [0.2, 0.25) is 6.29 Å². The summed E-state index contributed by atoms with van der Waals surface area (Å²) in [4.78, 5) is 17.1. The molecule has 0 spiro atoms. The van der Waals surface area contributed by atoms with Crippen molar-refractivity contribution in [1.82, 2.24) is 4.98 Å². The van der Waals surface area contributed by atoms with Gasteiger partial charge in [0.05, 0.1) is 40.5 Å². The van der Waals surface area contributed by atoms with E-state index in [1.54, 1.807) is 49.4 Å². The minimum Gasteiger partial charge on any atom is -0.432 e. The number of hydrogen-bond donors (Lipinski definition) is 1. The highest BCUT2D eigenvalue weighted by Gasteiger charge is 2.35. The van der Waals surface area contributed by atoms with Gasteiger partial charge in [0, 0.05) is 5.56 Å². The van der Waals surface area contributed by atoms with Gasteiger partial charge in [-0.05, 0) is 63.3 Å². The molecule has 0 aliphatic heterocycles. The molecule has 1 aliphatic carbocycles. The maximum Gasteiger partial charge on any atom is 0.418 e. The van der Waals surface area contributed by atoms with Crippen LogP contribution in [0.15, 0.2) is 60.8 Å². The zero-order valence-corrected chi connectivity index (χ0v) is 19.7. The summed E-state index contributed by atoms with van der Waals surface area (Å²) in [6.07, 6.45) is -2.13. The summed E-state index contributed by atoms with van der Waals surface area (Å²) in [6, 6.07) is 14.5. The molecule has 1 aromatic heterocycles. The number of aromatic nitrogens is 1. The Kier molecular flexibility index (Phi) is 7.12. The lowest BCUT2D eigenvalue weighted by Gasteiger charge is -2.19. The summed E-state index contributed by atoms with van der Waals surface area (Å²) >= 11 is 0. The molecular weight excluding hydrogens is 457 g/mol. The lowest BCUT2D eigenvalue weighted by Crippen LogP contribution is -2.22. The first kappa shape index (κ1) is 24.7. The fraction of sp³-hybridized carbons (Fsp3) is 0.333. The number of nitrogens with one attached hydrogen (secondary N) is 1. The molecule has 0 amide bonds. The number of benzene rings is 2. The summed E-state index contributed by atoms with van der Waals surface area (Å²) in [6.45, 7) is 5.28. The second-order valence-corrected chi connectivity index (χ2v) is 8.85. The first-order chi connectivity index (χ1) is 16.6. The van der Waals surface area contributed by atoms with E-state index in [1.807, 2.05) is 19.9 Å². The Morgan fingerprint density at radius 1 is 1.06 bits per heavy atom. The van der Waals surface area contributed by atoms with Crippen molar-refractivity contribution >= 4 is 17.3 Å². The number of hydrogen-bond acceptors (Lipinski definition) is 5. The predicted octanol–water partition coefficient (Wildman–Crippen LogP) is 7.32. The maximum atomic E-state index is 13.9. The van der Waals surface area contributed by atoms with Crippen molar-refractivity contribution in [3.05, 3.63) is 77.5 Å². The molecule has 0 radical (unpaired) electrons. The second kappa shape index (κ2) is 10.1. The third-order valence-corrected chi connectivity index (χ3v) is 5.57. The van der Waals surface area contributed by atoms with Gasteiger partial charge in [-0.3, -0.25) is 4.98 Å². The van der Waals surface area contributed by atoms with Crippen LogP contribution in [0.4, 0.5) is 24.5 Å². The fourth-order valence-electron chi connectivity index (χ4n) is 3.87. The SMILES string of the molecule is CC(C)OC(C)OC(=O)c1cc(C2CC2)ccc1Nc1cnc(-c2ccccc2)c(C(F)(F)F)c1. The van der Waals surface area contributed by atoms with Crippen LogP contribution in [-0.2, 0) is 15.7 Å². The highest BCUT2D eigenvalue weighted by Crippen LogP contribution is 2.42. The first-order valence-corrected chi connectivity index (χ1v) is 11.5. The average Bonchev–Trinajstić information content (AvgIpc) is 3.64. The molecule has 1 atom stereocenters. The van der Waals surface area contributed by atoms with Gasteiger partial charge in [0.1, 0.15) is 0 Å². The number of esters is 1. The zero-order valence-electron chi connectivity index (χ0n) is 19.7. The van der Waals surface area contributed by atoms with E-state index in [4.69, 9.17) is 9.47 Å². The zero-order chi connectivity index (χ0) is 25.2. The maximum absolute atomic E-state index is 13.9. The molecule has 1 N–H and O–H groups in total. The van der Waals surface area contributed by atoms with Gasteiger partial charge in [-0.1, -0.05) is 36.4 Å². The average molecular weight is 485 g/mol. The Hall–Kier alpha value is -3.39. The van der Waals surface area contributed by atoms with E-state index in [0.717, 1.165) is 24.5 Å². The Morgan fingerprint density at radius 3 is 2.40 bits per heavy atom. The molecule has 1 heterocycles. The van der Waals surface area contributed by atoms with Crippen molar-refractivity contribution in [2.75, 3.05) is 5.32 Å². The molecule has 1 fully saturated rings. The van der Waals surface area contributed by atoms with Crippen LogP contribution in [0.5, 0.6) is 0 Å². The summed E-state index contributed by atoms with van der Waals surface area (Å²) < 4.78 is 52.6. The monoisotopic (exact) mass is 484 g/mol. The molecule has 2 aromatic carbocycles. The summed E-state index contributed by atoms with van der Waals surface area (Å²) in [5.41, 5.74) is 1.000. The van der Waals surface area contributed by atoms with Crippen LogP contribution in [0, 0.1) is 0 Å². The van der Waals surface area contributed by atoms with Gasteiger partial charge in [0.25, 0.3) is 0 Å². The van der Waals surface area contributed by atoms with Crippen molar-refractivity contribution < 1.29 is 27.4 Å².